The van der Waals surface area contributed by atoms with Crippen molar-refractivity contribution in [3.63, 3.8) is 0 Å². The molecule has 1 amide bonds. The lowest BCUT2D eigenvalue weighted by atomic mass is 10.0. The number of carbonyl (C=O) groups excluding carboxylic acids is 1. The van der Waals surface area contributed by atoms with E-state index in [4.69, 9.17) is 5.11 Å². The summed E-state index contributed by atoms with van der Waals surface area (Å²) in [6.45, 7) is 2.36. The highest BCUT2D eigenvalue weighted by Gasteiger charge is 2.39. The van der Waals surface area contributed by atoms with E-state index < -0.39 is 11.9 Å². The van der Waals surface area contributed by atoms with Crippen LogP contribution in [0.1, 0.15) is 42.7 Å². The molecule has 3 rings (SSSR count). The van der Waals surface area contributed by atoms with Gasteiger partial charge >= 0.3 is 5.97 Å². The third kappa shape index (κ3) is 2.03. The molecule has 19 heavy (non-hydrogen) atoms. The first kappa shape index (κ1) is 12.3. The van der Waals surface area contributed by atoms with E-state index in [0.717, 1.165) is 12.8 Å². The van der Waals surface area contributed by atoms with Crippen LogP contribution in [0.3, 0.4) is 0 Å². The Kier molecular flexibility index (Phi) is 2.84. The maximum atomic E-state index is 12.6. The summed E-state index contributed by atoms with van der Waals surface area (Å²) in [4.78, 5) is 25.4. The monoisotopic (exact) mass is 262 g/mol. The van der Waals surface area contributed by atoms with Gasteiger partial charge in [0.2, 0.25) is 0 Å². The SMILES string of the molecule is CC1C(C(=O)O)CCN1C(=O)c1cccn1C1CC1. The molecule has 2 unspecified atom stereocenters. The third-order valence-electron chi connectivity index (χ3n) is 4.27. The Bertz CT molecular complexity index is 519. The highest BCUT2D eigenvalue weighted by molar-refractivity contribution is 5.93. The van der Waals surface area contributed by atoms with Gasteiger partial charge in [0, 0.05) is 24.8 Å². The molecule has 102 valence electrons. The number of aliphatic carboxylic acids is 1. The Morgan fingerprint density at radius 2 is 2.05 bits per heavy atom. The quantitative estimate of drug-likeness (QED) is 0.902. The molecular weight excluding hydrogens is 244 g/mol. The summed E-state index contributed by atoms with van der Waals surface area (Å²) < 4.78 is 2.03. The van der Waals surface area contributed by atoms with Crippen molar-refractivity contribution in [2.75, 3.05) is 6.54 Å². The maximum absolute atomic E-state index is 12.6. The van der Waals surface area contributed by atoms with Gasteiger partial charge in [0.1, 0.15) is 5.69 Å². The summed E-state index contributed by atoms with van der Waals surface area (Å²) in [5, 5.41) is 9.12. The van der Waals surface area contributed by atoms with E-state index in [2.05, 4.69) is 0 Å². The number of hydrogen-bond donors (Lipinski definition) is 1. The molecular formula is C14H18N2O3. The van der Waals surface area contributed by atoms with Crippen LogP contribution in [-0.4, -0.2) is 39.0 Å². The molecule has 5 nitrogen and oxygen atoms in total. The van der Waals surface area contributed by atoms with E-state index in [9.17, 15) is 9.59 Å². The Morgan fingerprint density at radius 1 is 1.32 bits per heavy atom. The number of carboxylic acid groups (broad SMARTS) is 1. The van der Waals surface area contributed by atoms with E-state index >= 15 is 0 Å². The highest BCUT2D eigenvalue weighted by atomic mass is 16.4. The van der Waals surface area contributed by atoms with Crippen LogP contribution < -0.4 is 0 Å². The molecule has 1 N–H and O–H groups in total. The van der Waals surface area contributed by atoms with Gasteiger partial charge in [0.25, 0.3) is 5.91 Å². The fourth-order valence-electron chi connectivity index (χ4n) is 2.95. The number of amides is 1. The van der Waals surface area contributed by atoms with Crippen LogP contribution in [0.25, 0.3) is 0 Å². The molecule has 0 spiro atoms. The van der Waals surface area contributed by atoms with Crippen molar-refractivity contribution >= 4 is 11.9 Å². The molecule has 2 heterocycles. The van der Waals surface area contributed by atoms with Gasteiger partial charge in [0.15, 0.2) is 0 Å². The van der Waals surface area contributed by atoms with Gasteiger partial charge in [-0.1, -0.05) is 0 Å². The second-order valence-corrected chi connectivity index (χ2v) is 5.50. The van der Waals surface area contributed by atoms with Crippen molar-refractivity contribution in [2.24, 2.45) is 5.92 Å². The van der Waals surface area contributed by atoms with Crippen molar-refractivity contribution < 1.29 is 14.7 Å². The largest absolute Gasteiger partial charge is 0.481 e. The van der Waals surface area contributed by atoms with Gasteiger partial charge in [-0.05, 0) is 38.3 Å². The highest BCUT2D eigenvalue weighted by Crippen LogP contribution is 2.37. The molecule has 1 aliphatic carbocycles. The average molecular weight is 262 g/mol. The Labute approximate surface area is 111 Å². The molecule has 2 aliphatic rings. The first-order valence-electron chi connectivity index (χ1n) is 6.80. The third-order valence-corrected chi connectivity index (χ3v) is 4.27. The topological polar surface area (TPSA) is 62.5 Å². The molecule has 2 fully saturated rings. The summed E-state index contributed by atoms with van der Waals surface area (Å²) in [6.07, 6.45) is 4.75. The molecule has 0 aromatic carbocycles. The molecule has 0 radical (unpaired) electrons. The Balaban J connectivity index is 1.81. The van der Waals surface area contributed by atoms with Crippen LogP contribution in [0, 0.1) is 5.92 Å². The minimum Gasteiger partial charge on any atom is -0.481 e. The van der Waals surface area contributed by atoms with Crippen LogP contribution >= 0.6 is 0 Å². The van der Waals surface area contributed by atoms with Gasteiger partial charge < -0.3 is 14.6 Å². The van der Waals surface area contributed by atoms with Gasteiger partial charge in [0.05, 0.1) is 5.92 Å². The lowest BCUT2D eigenvalue weighted by molar-refractivity contribution is -0.142. The van der Waals surface area contributed by atoms with Crippen molar-refractivity contribution in [1.82, 2.24) is 9.47 Å². The molecule has 5 heteroatoms. The zero-order chi connectivity index (χ0) is 13.6. The van der Waals surface area contributed by atoms with E-state index in [-0.39, 0.29) is 11.9 Å². The molecule has 1 saturated heterocycles. The predicted octanol–water partition coefficient (Wildman–Crippen LogP) is 1.76. The zero-order valence-electron chi connectivity index (χ0n) is 11.0. The van der Waals surface area contributed by atoms with Crippen LogP contribution in [0.4, 0.5) is 0 Å². The summed E-state index contributed by atoms with van der Waals surface area (Å²) in [6, 6.07) is 3.96. The number of likely N-dealkylation sites (tertiary alicyclic amines) is 1. The van der Waals surface area contributed by atoms with Gasteiger partial charge in [-0.25, -0.2) is 0 Å². The molecule has 1 aromatic rings. The summed E-state index contributed by atoms with van der Waals surface area (Å²) in [5.74, 6) is -1.28. The molecule has 1 aromatic heterocycles. The van der Waals surface area contributed by atoms with Crippen molar-refractivity contribution in [2.45, 2.75) is 38.3 Å². The lowest BCUT2D eigenvalue weighted by Gasteiger charge is -2.24. The Hall–Kier alpha value is -1.78. The molecule has 0 bridgehead atoms. The van der Waals surface area contributed by atoms with E-state index in [1.54, 1.807) is 4.90 Å². The molecule has 1 saturated carbocycles. The van der Waals surface area contributed by atoms with Crippen LogP contribution in [0.5, 0.6) is 0 Å². The predicted molar refractivity (Wildman–Crippen MR) is 68.9 cm³/mol. The Morgan fingerprint density at radius 3 is 2.63 bits per heavy atom. The average Bonchev–Trinajstić information content (AvgIpc) is 2.97. The molecule has 2 atom stereocenters. The van der Waals surface area contributed by atoms with Gasteiger partial charge in [-0.15, -0.1) is 0 Å². The van der Waals surface area contributed by atoms with Crippen molar-refractivity contribution in [3.8, 4) is 0 Å². The second kappa shape index (κ2) is 4.40. The summed E-state index contributed by atoms with van der Waals surface area (Å²) in [5.41, 5.74) is 0.695. The lowest BCUT2D eigenvalue weighted by Crippen LogP contribution is -2.38. The second-order valence-electron chi connectivity index (χ2n) is 5.50. The van der Waals surface area contributed by atoms with E-state index in [0.29, 0.717) is 24.7 Å². The first-order chi connectivity index (χ1) is 9.09. The minimum absolute atomic E-state index is 0.0341. The van der Waals surface area contributed by atoms with Gasteiger partial charge in [-0.2, -0.15) is 0 Å². The molecule has 1 aliphatic heterocycles. The number of carbonyl (C=O) groups is 2. The van der Waals surface area contributed by atoms with Crippen molar-refractivity contribution in [1.29, 1.82) is 0 Å². The van der Waals surface area contributed by atoms with Crippen LogP contribution in [-0.2, 0) is 4.79 Å². The number of aromatic nitrogens is 1. The fourth-order valence-corrected chi connectivity index (χ4v) is 2.95. The van der Waals surface area contributed by atoms with Gasteiger partial charge in [-0.3, -0.25) is 9.59 Å². The van der Waals surface area contributed by atoms with E-state index in [1.807, 2.05) is 29.8 Å². The number of rotatable bonds is 3. The smallest absolute Gasteiger partial charge is 0.308 e. The van der Waals surface area contributed by atoms with Crippen molar-refractivity contribution in [3.05, 3.63) is 24.0 Å². The first-order valence-corrected chi connectivity index (χ1v) is 6.80. The zero-order valence-corrected chi connectivity index (χ0v) is 11.0. The maximum Gasteiger partial charge on any atom is 0.308 e. The van der Waals surface area contributed by atoms with Crippen LogP contribution in [0.15, 0.2) is 18.3 Å². The minimum atomic E-state index is -0.805. The van der Waals surface area contributed by atoms with E-state index in [1.165, 1.54) is 0 Å². The summed E-state index contributed by atoms with van der Waals surface area (Å²) in [7, 11) is 0. The van der Waals surface area contributed by atoms with Crippen LogP contribution in [0.2, 0.25) is 0 Å². The fraction of sp³-hybridized carbons (Fsp3) is 0.571. The standard InChI is InChI=1S/C14H18N2O3/c1-9-11(14(18)19)6-8-15(9)13(17)12-3-2-7-16(12)10-4-5-10/h2-3,7,9-11H,4-6,8H2,1H3,(H,18,19). The number of hydrogen-bond acceptors (Lipinski definition) is 2. The number of carboxylic acids is 1. The number of nitrogens with zero attached hydrogens (tertiary/aromatic N) is 2. The normalized spacial score (nSPS) is 26.7. The summed E-state index contributed by atoms with van der Waals surface area (Å²) >= 11 is 0.